The first kappa shape index (κ1) is 25.2. The van der Waals surface area contributed by atoms with Gasteiger partial charge in [0.25, 0.3) is 0 Å². The lowest BCUT2D eigenvalue weighted by Gasteiger charge is -2.39. The second kappa shape index (κ2) is 11.7. The van der Waals surface area contributed by atoms with E-state index in [1.807, 2.05) is 56.3 Å². The zero-order chi connectivity index (χ0) is 25.5. The molecule has 0 N–H and O–H groups in total. The molecule has 0 spiro atoms. The van der Waals surface area contributed by atoms with E-state index in [9.17, 15) is 10.1 Å². The molecule has 0 saturated carbocycles. The smallest absolute Gasteiger partial charge is 0.215 e. The van der Waals surface area contributed by atoms with E-state index in [0.29, 0.717) is 23.6 Å². The highest BCUT2D eigenvalue weighted by Gasteiger charge is 2.30. The lowest BCUT2D eigenvalue weighted by molar-refractivity contribution is -0.122. The van der Waals surface area contributed by atoms with E-state index in [1.54, 1.807) is 12.5 Å². The predicted molar refractivity (Wildman–Crippen MR) is 139 cm³/mol. The van der Waals surface area contributed by atoms with E-state index in [0.717, 1.165) is 55.8 Å². The number of piperazine rings is 1. The molecule has 0 aliphatic carbocycles. The molecule has 1 aliphatic rings. The van der Waals surface area contributed by atoms with Crippen LogP contribution in [0.4, 0.5) is 11.4 Å². The van der Waals surface area contributed by atoms with Gasteiger partial charge in [0.15, 0.2) is 5.69 Å². The molecular formula is C29H31N5O2. The van der Waals surface area contributed by atoms with E-state index in [1.165, 1.54) is 0 Å². The number of oxazole rings is 1. The van der Waals surface area contributed by atoms with E-state index in [2.05, 4.69) is 25.7 Å². The van der Waals surface area contributed by atoms with Crippen LogP contribution in [-0.2, 0) is 11.2 Å². The van der Waals surface area contributed by atoms with Gasteiger partial charge in [-0.1, -0.05) is 44.2 Å². The average molecular weight is 482 g/mol. The van der Waals surface area contributed by atoms with Gasteiger partial charge >= 0.3 is 0 Å². The number of Topliss-reactive ketones (excluding diaryl/α,β-unsaturated/α-hetero) is 1. The number of aromatic nitrogens is 1. The van der Waals surface area contributed by atoms with E-state index in [4.69, 9.17) is 11.0 Å². The topological polar surface area (TPSA) is 77.7 Å². The Morgan fingerprint density at radius 3 is 2.44 bits per heavy atom. The zero-order valence-electron chi connectivity index (χ0n) is 20.9. The van der Waals surface area contributed by atoms with Crippen molar-refractivity contribution in [2.24, 2.45) is 5.92 Å². The Morgan fingerprint density at radius 1 is 1.14 bits per heavy atom. The average Bonchev–Trinajstić information content (AvgIpc) is 3.45. The van der Waals surface area contributed by atoms with Crippen molar-refractivity contribution >= 4 is 17.2 Å². The highest BCUT2D eigenvalue weighted by atomic mass is 16.3. The molecule has 0 bridgehead atoms. The van der Waals surface area contributed by atoms with Gasteiger partial charge in [-0.2, -0.15) is 5.26 Å². The number of carbonyl (C=O) groups excluding carboxylic acids is 1. The summed E-state index contributed by atoms with van der Waals surface area (Å²) in [5.41, 5.74) is 4.05. The molecule has 2 heterocycles. The monoisotopic (exact) mass is 481 g/mol. The summed E-state index contributed by atoms with van der Waals surface area (Å²) < 4.78 is 5.69. The second-order valence-corrected chi connectivity index (χ2v) is 9.12. The maximum Gasteiger partial charge on any atom is 0.215 e. The van der Waals surface area contributed by atoms with Gasteiger partial charge < -0.3 is 9.32 Å². The van der Waals surface area contributed by atoms with Crippen LogP contribution < -0.4 is 4.90 Å². The van der Waals surface area contributed by atoms with Crippen molar-refractivity contribution in [3.8, 4) is 6.07 Å². The van der Waals surface area contributed by atoms with Crippen LogP contribution in [0.3, 0.4) is 0 Å². The normalized spacial score (nSPS) is 14.9. The Kier molecular flexibility index (Phi) is 8.15. The Bertz CT molecular complexity index is 1240. The largest absolute Gasteiger partial charge is 0.447 e. The molecule has 3 aromatic rings. The minimum absolute atomic E-state index is 0.0810. The number of nitriles is 1. The number of hydrogen-bond donors (Lipinski definition) is 0. The zero-order valence-corrected chi connectivity index (χ0v) is 20.9. The fourth-order valence-corrected chi connectivity index (χ4v) is 4.98. The van der Waals surface area contributed by atoms with Gasteiger partial charge in [0.05, 0.1) is 24.0 Å². The maximum absolute atomic E-state index is 12.6. The van der Waals surface area contributed by atoms with Gasteiger partial charge in [-0.3, -0.25) is 9.69 Å². The third-order valence-electron chi connectivity index (χ3n) is 7.04. The first-order chi connectivity index (χ1) is 17.6. The molecule has 2 aromatic carbocycles. The molecule has 1 aromatic heterocycles. The van der Waals surface area contributed by atoms with Gasteiger partial charge in [0.1, 0.15) is 24.2 Å². The summed E-state index contributed by atoms with van der Waals surface area (Å²) in [4.78, 5) is 25.1. The summed E-state index contributed by atoms with van der Waals surface area (Å²) in [6.07, 6.45) is 5.31. The number of ketones is 1. The van der Waals surface area contributed by atoms with Crippen molar-refractivity contribution in [2.75, 3.05) is 31.1 Å². The highest BCUT2D eigenvalue weighted by molar-refractivity contribution is 5.83. The SMILES string of the molecule is [C-]#[N+]c1ccc(C(c2ncco2)N2CCN(c3ccc(CC(=O)C(CC)CC)cc3C#N)CC2)cc1. The molecule has 184 valence electrons. The van der Waals surface area contributed by atoms with Crippen LogP contribution in [0.5, 0.6) is 0 Å². The summed E-state index contributed by atoms with van der Waals surface area (Å²) in [6.45, 7) is 14.3. The van der Waals surface area contributed by atoms with Crippen molar-refractivity contribution in [3.63, 3.8) is 0 Å². The third-order valence-corrected chi connectivity index (χ3v) is 7.04. The molecule has 36 heavy (non-hydrogen) atoms. The van der Waals surface area contributed by atoms with Crippen molar-refractivity contribution in [3.05, 3.63) is 88.9 Å². The second-order valence-electron chi connectivity index (χ2n) is 9.12. The fourth-order valence-electron chi connectivity index (χ4n) is 4.98. The number of rotatable bonds is 9. The summed E-state index contributed by atoms with van der Waals surface area (Å²) >= 11 is 0. The van der Waals surface area contributed by atoms with Gasteiger partial charge in [0, 0.05) is 38.5 Å². The van der Waals surface area contributed by atoms with Gasteiger partial charge in [0.2, 0.25) is 5.89 Å². The number of carbonyl (C=O) groups is 1. The molecular weight excluding hydrogens is 450 g/mol. The summed E-state index contributed by atoms with van der Waals surface area (Å²) in [7, 11) is 0. The predicted octanol–water partition coefficient (Wildman–Crippen LogP) is 5.56. The van der Waals surface area contributed by atoms with Gasteiger partial charge in [-0.05, 0) is 36.1 Å². The lowest BCUT2D eigenvalue weighted by Crippen LogP contribution is -2.48. The van der Waals surface area contributed by atoms with Crippen LogP contribution in [0.25, 0.3) is 4.85 Å². The number of hydrogen-bond acceptors (Lipinski definition) is 6. The molecule has 0 radical (unpaired) electrons. The highest BCUT2D eigenvalue weighted by Crippen LogP contribution is 2.31. The standard InChI is InChI=1S/C29H31N5O2/c1-4-22(5-2)27(35)19-21-6-11-26(24(18-21)20-30)33-13-15-34(16-14-33)28(29-32-12-17-36-29)23-7-9-25(31-3)10-8-23/h6-12,17-18,22,28H,4-5,13-16,19H2,1-2H3. The number of benzene rings is 2. The van der Waals surface area contributed by atoms with Crippen LogP contribution in [0, 0.1) is 23.8 Å². The van der Waals surface area contributed by atoms with E-state index < -0.39 is 0 Å². The van der Waals surface area contributed by atoms with Crippen LogP contribution in [-0.4, -0.2) is 41.8 Å². The van der Waals surface area contributed by atoms with Crippen molar-refractivity contribution in [2.45, 2.75) is 39.2 Å². The van der Waals surface area contributed by atoms with Crippen LogP contribution >= 0.6 is 0 Å². The van der Waals surface area contributed by atoms with E-state index >= 15 is 0 Å². The van der Waals surface area contributed by atoms with Gasteiger partial charge in [-0.25, -0.2) is 9.83 Å². The summed E-state index contributed by atoms with van der Waals surface area (Å²) in [6, 6.07) is 15.6. The maximum atomic E-state index is 12.6. The Morgan fingerprint density at radius 2 is 1.86 bits per heavy atom. The van der Waals surface area contributed by atoms with Crippen molar-refractivity contribution in [1.29, 1.82) is 5.26 Å². The first-order valence-electron chi connectivity index (χ1n) is 12.5. The Balaban J connectivity index is 1.48. The Hall–Kier alpha value is -3.94. The Labute approximate surface area is 212 Å². The molecule has 1 atom stereocenters. The van der Waals surface area contributed by atoms with Crippen molar-refractivity contribution < 1.29 is 9.21 Å². The summed E-state index contributed by atoms with van der Waals surface area (Å²) in [5, 5.41) is 9.85. The fraction of sp³-hybridized carbons (Fsp3) is 0.379. The molecule has 4 rings (SSSR count). The first-order valence-corrected chi connectivity index (χ1v) is 12.5. The van der Waals surface area contributed by atoms with Crippen molar-refractivity contribution in [1.82, 2.24) is 9.88 Å². The number of anilines is 1. The minimum Gasteiger partial charge on any atom is -0.447 e. The van der Waals surface area contributed by atoms with Crippen LogP contribution in [0.15, 0.2) is 59.3 Å². The lowest BCUT2D eigenvalue weighted by atomic mass is 9.93. The quantitative estimate of drug-likeness (QED) is 0.373. The van der Waals surface area contributed by atoms with Crippen LogP contribution in [0.2, 0.25) is 0 Å². The molecule has 7 heteroatoms. The molecule has 1 unspecified atom stereocenters. The molecule has 1 fully saturated rings. The third kappa shape index (κ3) is 5.48. The van der Waals surface area contributed by atoms with Gasteiger partial charge in [-0.15, -0.1) is 0 Å². The molecule has 0 amide bonds. The molecule has 7 nitrogen and oxygen atoms in total. The number of nitrogens with zero attached hydrogens (tertiary/aromatic N) is 5. The minimum atomic E-state index is -0.143. The van der Waals surface area contributed by atoms with Crippen LogP contribution in [0.1, 0.15) is 55.3 Å². The molecule has 1 saturated heterocycles. The summed E-state index contributed by atoms with van der Waals surface area (Å²) in [5.74, 6) is 0.952. The molecule has 1 aliphatic heterocycles. The van der Waals surface area contributed by atoms with E-state index in [-0.39, 0.29) is 17.7 Å².